The summed E-state index contributed by atoms with van der Waals surface area (Å²) >= 11 is 0. The Morgan fingerprint density at radius 2 is 1.89 bits per heavy atom. The van der Waals surface area contributed by atoms with Crippen molar-refractivity contribution in [1.29, 1.82) is 0 Å². The zero-order valence-corrected chi connectivity index (χ0v) is 16.1. The summed E-state index contributed by atoms with van der Waals surface area (Å²) in [6.45, 7) is 8.63. The molecule has 2 aromatic rings. The maximum absolute atomic E-state index is 4.58. The van der Waals surface area contributed by atoms with Gasteiger partial charge in [0.05, 0.1) is 6.54 Å². The number of nitrogens with one attached hydrogen (secondary N) is 1. The van der Waals surface area contributed by atoms with Crippen molar-refractivity contribution >= 4 is 5.69 Å². The monoisotopic (exact) mass is 366 g/mol. The Labute approximate surface area is 161 Å². The summed E-state index contributed by atoms with van der Waals surface area (Å²) in [4.78, 5) is 5.20. The van der Waals surface area contributed by atoms with E-state index in [9.17, 15) is 0 Å². The van der Waals surface area contributed by atoms with E-state index in [0.29, 0.717) is 5.92 Å². The number of likely N-dealkylation sites (tertiary alicyclic amines) is 1. The van der Waals surface area contributed by atoms with Crippen LogP contribution >= 0.6 is 0 Å². The Balaban J connectivity index is 1.32. The van der Waals surface area contributed by atoms with E-state index in [0.717, 1.165) is 38.5 Å². The number of aromatic nitrogens is 3. The number of fused-ring (bicyclic) bond motifs is 1. The summed E-state index contributed by atoms with van der Waals surface area (Å²) in [5, 5.41) is 12.4. The second kappa shape index (κ2) is 7.60. The molecule has 6 nitrogen and oxygen atoms in total. The first kappa shape index (κ1) is 17.2. The third-order valence-corrected chi connectivity index (χ3v) is 6.35. The molecular formula is C21H30N6. The highest BCUT2D eigenvalue weighted by Crippen LogP contribution is 2.30. The molecular weight excluding hydrogens is 336 g/mol. The van der Waals surface area contributed by atoms with E-state index in [2.05, 4.69) is 54.1 Å². The summed E-state index contributed by atoms with van der Waals surface area (Å²) in [5.74, 6) is 2.83. The Hall–Kier alpha value is -1.92. The highest BCUT2D eigenvalue weighted by atomic mass is 15.3. The molecule has 5 rings (SSSR count). The van der Waals surface area contributed by atoms with E-state index in [1.165, 1.54) is 62.4 Å². The minimum absolute atomic E-state index is 0.511. The fourth-order valence-corrected chi connectivity index (χ4v) is 4.98. The third kappa shape index (κ3) is 3.48. The summed E-state index contributed by atoms with van der Waals surface area (Å²) in [7, 11) is 0. The van der Waals surface area contributed by atoms with Crippen molar-refractivity contribution in [1.82, 2.24) is 25.0 Å². The number of rotatable bonds is 4. The lowest BCUT2D eigenvalue weighted by molar-refractivity contribution is 0.194. The Morgan fingerprint density at radius 1 is 1.00 bits per heavy atom. The molecule has 0 spiro atoms. The number of para-hydroxylation sites is 1. The Kier molecular flexibility index (Phi) is 4.84. The molecule has 0 aliphatic carbocycles. The Bertz CT molecular complexity index is 779. The van der Waals surface area contributed by atoms with Gasteiger partial charge in [-0.2, -0.15) is 0 Å². The van der Waals surface area contributed by atoms with Crippen LogP contribution in [0, 0.1) is 0 Å². The van der Waals surface area contributed by atoms with Crippen LogP contribution in [0.2, 0.25) is 0 Å². The average molecular weight is 367 g/mol. The molecule has 1 aromatic carbocycles. The number of nitrogens with zero attached hydrogens (tertiary/aromatic N) is 5. The predicted molar refractivity (Wildman–Crippen MR) is 107 cm³/mol. The van der Waals surface area contributed by atoms with E-state index in [-0.39, 0.29) is 0 Å². The van der Waals surface area contributed by atoms with Crippen molar-refractivity contribution < 1.29 is 0 Å². The van der Waals surface area contributed by atoms with Crippen LogP contribution in [0.1, 0.15) is 48.8 Å². The highest BCUT2D eigenvalue weighted by molar-refractivity contribution is 5.54. The van der Waals surface area contributed by atoms with Crippen LogP contribution in [0.3, 0.4) is 0 Å². The largest absolute Gasteiger partial charge is 0.371 e. The first-order chi connectivity index (χ1) is 13.4. The van der Waals surface area contributed by atoms with Crippen molar-refractivity contribution in [3.63, 3.8) is 0 Å². The fourth-order valence-electron chi connectivity index (χ4n) is 4.98. The molecule has 0 bridgehead atoms. The van der Waals surface area contributed by atoms with Crippen LogP contribution in [0.4, 0.5) is 5.69 Å². The molecule has 1 N–H and O–H groups in total. The van der Waals surface area contributed by atoms with Gasteiger partial charge in [-0.3, -0.25) is 4.90 Å². The molecule has 27 heavy (non-hydrogen) atoms. The lowest BCUT2D eigenvalue weighted by atomic mass is 9.96. The summed E-state index contributed by atoms with van der Waals surface area (Å²) in [6.07, 6.45) is 5.13. The van der Waals surface area contributed by atoms with Crippen molar-refractivity contribution in [2.75, 3.05) is 37.6 Å². The quantitative estimate of drug-likeness (QED) is 0.900. The van der Waals surface area contributed by atoms with Crippen LogP contribution in [0.5, 0.6) is 0 Å². The zero-order chi connectivity index (χ0) is 18.1. The molecule has 2 fully saturated rings. The topological polar surface area (TPSA) is 49.2 Å². The highest BCUT2D eigenvalue weighted by Gasteiger charge is 2.28. The molecule has 3 aliphatic rings. The van der Waals surface area contributed by atoms with Crippen molar-refractivity contribution in [2.45, 2.75) is 51.2 Å². The van der Waals surface area contributed by atoms with Gasteiger partial charge in [-0.25, -0.2) is 0 Å². The van der Waals surface area contributed by atoms with Crippen molar-refractivity contribution in [3.8, 4) is 0 Å². The second-order valence-corrected chi connectivity index (χ2v) is 8.20. The van der Waals surface area contributed by atoms with Crippen molar-refractivity contribution in [2.24, 2.45) is 0 Å². The van der Waals surface area contributed by atoms with Crippen LogP contribution in [-0.4, -0.2) is 52.4 Å². The molecule has 1 atom stereocenters. The molecule has 4 heterocycles. The summed E-state index contributed by atoms with van der Waals surface area (Å²) < 4.78 is 2.36. The molecule has 0 unspecified atom stereocenters. The first-order valence-electron chi connectivity index (χ1n) is 10.6. The molecule has 2 saturated heterocycles. The van der Waals surface area contributed by atoms with Gasteiger partial charge in [0.25, 0.3) is 0 Å². The minimum atomic E-state index is 0.511. The van der Waals surface area contributed by atoms with Gasteiger partial charge in [-0.05, 0) is 43.9 Å². The van der Waals surface area contributed by atoms with Crippen molar-refractivity contribution in [3.05, 3.63) is 41.5 Å². The van der Waals surface area contributed by atoms with Gasteiger partial charge in [0.1, 0.15) is 11.6 Å². The van der Waals surface area contributed by atoms with Crippen LogP contribution in [-0.2, 0) is 19.6 Å². The maximum Gasteiger partial charge on any atom is 0.147 e. The number of anilines is 1. The van der Waals surface area contributed by atoms with E-state index in [4.69, 9.17) is 0 Å². The molecule has 0 saturated carbocycles. The predicted octanol–water partition coefficient (Wildman–Crippen LogP) is 2.36. The van der Waals surface area contributed by atoms with E-state index >= 15 is 0 Å². The molecule has 144 valence electrons. The van der Waals surface area contributed by atoms with Gasteiger partial charge >= 0.3 is 0 Å². The SMILES string of the molecule is c1ccc(N2CCCC2)c(CN2CCC[C@@H](c3nnc4n3CCNC4)C2)c1. The van der Waals surface area contributed by atoms with Gasteiger partial charge in [0.2, 0.25) is 0 Å². The van der Waals surface area contributed by atoms with Gasteiger partial charge < -0.3 is 14.8 Å². The first-order valence-corrected chi connectivity index (χ1v) is 10.6. The van der Waals surface area contributed by atoms with Crippen LogP contribution < -0.4 is 10.2 Å². The van der Waals surface area contributed by atoms with Gasteiger partial charge in [-0.1, -0.05) is 18.2 Å². The van der Waals surface area contributed by atoms with Gasteiger partial charge in [0.15, 0.2) is 0 Å². The normalized spacial score (nSPS) is 23.6. The average Bonchev–Trinajstić information content (AvgIpc) is 3.39. The standard InChI is InChI=1S/C21H30N6/c1-2-8-19(26-11-3-4-12-26)17(6-1)15-25-10-5-7-18(16-25)21-24-23-20-14-22-9-13-27(20)21/h1-2,6,8,18,22H,3-5,7,9-16H2/t18-/m1/s1. The van der Waals surface area contributed by atoms with E-state index in [1.807, 2.05) is 0 Å². The lowest BCUT2D eigenvalue weighted by Gasteiger charge is -2.34. The fraction of sp³-hybridized carbons (Fsp3) is 0.619. The Morgan fingerprint density at radius 3 is 2.81 bits per heavy atom. The summed E-state index contributed by atoms with van der Waals surface area (Å²) in [5.41, 5.74) is 2.93. The second-order valence-electron chi connectivity index (χ2n) is 8.20. The molecule has 3 aliphatic heterocycles. The number of benzene rings is 1. The lowest BCUT2D eigenvalue weighted by Crippen LogP contribution is -2.36. The van der Waals surface area contributed by atoms with E-state index in [1.54, 1.807) is 0 Å². The molecule has 6 heteroatoms. The smallest absolute Gasteiger partial charge is 0.147 e. The molecule has 0 amide bonds. The van der Waals surface area contributed by atoms with Crippen LogP contribution in [0.25, 0.3) is 0 Å². The number of piperidine rings is 1. The molecule has 1 aromatic heterocycles. The number of hydrogen-bond donors (Lipinski definition) is 1. The van der Waals surface area contributed by atoms with Gasteiger partial charge in [0, 0.05) is 50.9 Å². The summed E-state index contributed by atoms with van der Waals surface area (Å²) in [6, 6.07) is 9.01. The van der Waals surface area contributed by atoms with Crippen LogP contribution in [0.15, 0.2) is 24.3 Å². The van der Waals surface area contributed by atoms with Gasteiger partial charge in [-0.15, -0.1) is 10.2 Å². The zero-order valence-electron chi connectivity index (χ0n) is 16.1. The third-order valence-electron chi connectivity index (χ3n) is 6.35. The van der Waals surface area contributed by atoms with E-state index < -0.39 is 0 Å². The molecule has 0 radical (unpaired) electrons. The maximum atomic E-state index is 4.58. The minimum Gasteiger partial charge on any atom is -0.371 e. The number of hydrogen-bond acceptors (Lipinski definition) is 5.